The van der Waals surface area contributed by atoms with Crippen LogP contribution in [0.3, 0.4) is 0 Å². The van der Waals surface area contributed by atoms with Crippen molar-refractivity contribution < 1.29 is 4.74 Å². The van der Waals surface area contributed by atoms with E-state index in [1.54, 1.807) is 0 Å². The average Bonchev–Trinajstić information content (AvgIpc) is 2.30. The molecular formula is C14H16O. The summed E-state index contributed by atoms with van der Waals surface area (Å²) in [5.41, 5.74) is 1.11. The minimum absolute atomic E-state index is 0.724. The van der Waals surface area contributed by atoms with Crippen molar-refractivity contribution in [1.82, 2.24) is 0 Å². The highest BCUT2D eigenvalue weighted by molar-refractivity contribution is 5.48. The third-order valence-corrected chi connectivity index (χ3v) is 2.01. The fourth-order valence-corrected chi connectivity index (χ4v) is 1.18. The molecule has 1 nitrogen and oxygen atoms in total. The van der Waals surface area contributed by atoms with Gasteiger partial charge in [0.1, 0.15) is 5.75 Å². The van der Waals surface area contributed by atoms with Crippen LogP contribution in [0.5, 0.6) is 5.75 Å². The van der Waals surface area contributed by atoms with E-state index in [2.05, 4.69) is 18.4 Å². The third kappa shape index (κ3) is 4.37. The fourth-order valence-electron chi connectivity index (χ4n) is 1.18. The molecule has 0 saturated heterocycles. The van der Waals surface area contributed by atoms with E-state index in [0.717, 1.165) is 30.8 Å². The van der Waals surface area contributed by atoms with E-state index in [0.29, 0.717) is 0 Å². The van der Waals surface area contributed by atoms with Crippen molar-refractivity contribution >= 4 is 6.08 Å². The van der Waals surface area contributed by atoms with Crippen LogP contribution >= 0.6 is 0 Å². The van der Waals surface area contributed by atoms with Crippen LogP contribution in [0.2, 0.25) is 0 Å². The highest BCUT2D eigenvalue weighted by Crippen LogP contribution is 2.12. The molecule has 15 heavy (non-hydrogen) atoms. The molecule has 0 bridgehead atoms. The van der Waals surface area contributed by atoms with Gasteiger partial charge in [-0.25, -0.2) is 0 Å². The Morgan fingerprint density at radius 1 is 1.33 bits per heavy atom. The molecule has 0 aliphatic carbocycles. The largest absolute Gasteiger partial charge is 0.494 e. The Kier molecular flexibility index (Phi) is 5.11. The second-order valence-electron chi connectivity index (χ2n) is 3.15. The van der Waals surface area contributed by atoms with Gasteiger partial charge in [0.05, 0.1) is 6.61 Å². The maximum Gasteiger partial charge on any atom is 0.119 e. The van der Waals surface area contributed by atoms with Gasteiger partial charge < -0.3 is 4.74 Å². The zero-order valence-corrected chi connectivity index (χ0v) is 9.12. The summed E-state index contributed by atoms with van der Waals surface area (Å²) in [6, 6.07) is 7.91. The van der Waals surface area contributed by atoms with E-state index < -0.39 is 0 Å². The van der Waals surface area contributed by atoms with E-state index in [1.165, 1.54) is 0 Å². The van der Waals surface area contributed by atoms with Gasteiger partial charge in [0.25, 0.3) is 0 Å². The summed E-state index contributed by atoms with van der Waals surface area (Å²) in [6.07, 6.45) is 3.70. The molecule has 0 unspecified atom stereocenters. The molecule has 1 heteroatoms. The maximum atomic E-state index is 5.55. The molecule has 0 N–H and O–H groups in total. The fraction of sp³-hybridized carbons (Fsp3) is 0.286. The lowest BCUT2D eigenvalue weighted by Gasteiger charge is -2.04. The molecule has 0 aromatic heterocycles. The van der Waals surface area contributed by atoms with Crippen LogP contribution in [0.4, 0.5) is 0 Å². The molecule has 1 aromatic carbocycles. The van der Waals surface area contributed by atoms with Gasteiger partial charge in [-0.05, 0) is 31.0 Å². The van der Waals surface area contributed by atoms with Crippen molar-refractivity contribution in [3.63, 3.8) is 0 Å². The first-order valence-electron chi connectivity index (χ1n) is 5.11. The molecule has 0 aliphatic heterocycles. The quantitative estimate of drug-likeness (QED) is 0.522. The minimum Gasteiger partial charge on any atom is -0.494 e. The van der Waals surface area contributed by atoms with Crippen LogP contribution in [-0.2, 0) is 0 Å². The van der Waals surface area contributed by atoms with Crippen LogP contribution in [0, 0.1) is 11.8 Å². The summed E-state index contributed by atoms with van der Waals surface area (Å²) in [7, 11) is 0. The van der Waals surface area contributed by atoms with E-state index in [-0.39, 0.29) is 0 Å². The monoisotopic (exact) mass is 200 g/mol. The van der Waals surface area contributed by atoms with Gasteiger partial charge in [-0.15, -0.1) is 11.8 Å². The number of ether oxygens (including phenoxy) is 1. The maximum absolute atomic E-state index is 5.55. The van der Waals surface area contributed by atoms with Crippen LogP contribution in [0.1, 0.15) is 25.3 Å². The second-order valence-corrected chi connectivity index (χ2v) is 3.15. The average molecular weight is 200 g/mol. The summed E-state index contributed by atoms with van der Waals surface area (Å²) >= 11 is 0. The molecule has 0 saturated carbocycles. The summed E-state index contributed by atoms with van der Waals surface area (Å²) < 4.78 is 5.55. The standard InChI is InChI=1S/C14H16O/c1-3-5-6-7-12-15-14-10-8-13(4-2)9-11-14/h4,8-11H,2,6-7,12H2,1H3. The van der Waals surface area contributed by atoms with Crippen molar-refractivity contribution in [1.29, 1.82) is 0 Å². The molecule has 0 aliphatic rings. The smallest absolute Gasteiger partial charge is 0.119 e. The Morgan fingerprint density at radius 2 is 2.07 bits per heavy atom. The number of rotatable bonds is 5. The molecule has 0 spiro atoms. The van der Waals surface area contributed by atoms with Crippen molar-refractivity contribution in [2.24, 2.45) is 0 Å². The van der Waals surface area contributed by atoms with Crippen molar-refractivity contribution in [3.05, 3.63) is 36.4 Å². The lowest BCUT2D eigenvalue weighted by molar-refractivity contribution is 0.313. The molecule has 0 fully saturated rings. The van der Waals surface area contributed by atoms with Crippen molar-refractivity contribution in [3.8, 4) is 17.6 Å². The molecule has 0 radical (unpaired) electrons. The summed E-state index contributed by atoms with van der Waals surface area (Å²) in [5, 5.41) is 0. The molecular weight excluding hydrogens is 184 g/mol. The predicted molar refractivity (Wildman–Crippen MR) is 64.7 cm³/mol. The SMILES string of the molecule is C=Cc1ccc(OCCCC#CC)cc1. The highest BCUT2D eigenvalue weighted by Gasteiger charge is 1.92. The second kappa shape index (κ2) is 6.73. The van der Waals surface area contributed by atoms with Gasteiger partial charge in [0.15, 0.2) is 0 Å². The van der Waals surface area contributed by atoms with E-state index in [4.69, 9.17) is 4.74 Å². The zero-order valence-electron chi connectivity index (χ0n) is 9.12. The molecule has 0 atom stereocenters. The normalized spacial score (nSPS) is 8.87. The Bertz CT molecular complexity index is 351. The topological polar surface area (TPSA) is 9.23 Å². The summed E-state index contributed by atoms with van der Waals surface area (Å²) in [6.45, 7) is 6.28. The number of benzene rings is 1. The van der Waals surface area contributed by atoms with E-state index >= 15 is 0 Å². The number of unbranched alkanes of at least 4 members (excludes halogenated alkanes) is 1. The van der Waals surface area contributed by atoms with E-state index in [9.17, 15) is 0 Å². The molecule has 1 aromatic rings. The lowest BCUT2D eigenvalue weighted by atomic mass is 10.2. The van der Waals surface area contributed by atoms with Gasteiger partial charge in [0.2, 0.25) is 0 Å². The number of hydrogen-bond donors (Lipinski definition) is 0. The molecule has 1 rings (SSSR count). The number of hydrogen-bond acceptors (Lipinski definition) is 1. The molecule has 0 amide bonds. The Balaban J connectivity index is 2.30. The van der Waals surface area contributed by atoms with E-state index in [1.807, 2.05) is 37.3 Å². The van der Waals surface area contributed by atoms with Crippen molar-refractivity contribution in [2.75, 3.05) is 6.61 Å². The Labute approximate surface area is 91.8 Å². The first-order chi connectivity index (χ1) is 7.36. The van der Waals surface area contributed by atoms with Crippen LogP contribution in [-0.4, -0.2) is 6.61 Å². The van der Waals surface area contributed by atoms with Gasteiger partial charge in [-0.3, -0.25) is 0 Å². The Hall–Kier alpha value is -1.68. The van der Waals surface area contributed by atoms with Gasteiger partial charge >= 0.3 is 0 Å². The van der Waals surface area contributed by atoms with Gasteiger partial charge in [-0.1, -0.05) is 24.8 Å². The third-order valence-electron chi connectivity index (χ3n) is 2.01. The van der Waals surface area contributed by atoms with Gasteiger partial charge in [-0.2, -0.15) is 0 Å². The van der Waals surface area contributed by atoms with Crippen LogP contribution in [0.25, 0.3) is 6.08 Å². The molecule has 78 valence electrons. The van der Waals surface area contributed by atoms with Crippen LogP contribution < -0.4 is 4.74 Å². The van der Waals surface area contributed by atoms with Crippen molar-refractivity contribution in [2.45, 2.75) is 19.8 Å². The van der Waals surface area contributed by atoms with Crippen LogP contribution in [0.15, 0.2) is 30.8 Å². The zero-order chi connectivity index (χ0) is 10.9. The molecule has 0 heterocycles. The first-order valence-corrected chi connectivity index (χ1v) is 5.11. The predicted octanol–water partition coefficient (Wildman–Crippen LogP) is 3.51. The lowest BCUT2D eigenvalue weighted by Crippen LogP contribution is -1.96. The summed E-state index contributed by atoms with van der Waals surface area (Å²) in [5.74, 6) is 6.78. The Morgan fingerprint density at radius 3 is 2.67 bits per heavy atom. The summed E-state index contributed by atoms with van der Waals surface area (Å²) in [4.78, 5) is 0. The minimum atomic E-state index is 0.724. The first kappa shape index (κ1) is 11.4. The van der Waals surface area contributed by atoms with Gasteiger partial charge in [0, 0.05) is 6.42 Å². The highest BCUT2D eigenvalue weighted by atomic mass is 16.5.